The van der Waals surface area contributed by atoms with Gasteiger partial charge in [-0.05, 0) is 13.0 Å². The second-order valence-corrected chi connectivity index (χ2v) is 5.50. The van der Waals surface area contributed by atoms with E-state index in [-0.39, 0.29) is 11.7 Å². The van der Waals surface area contributed by atoms with Crippen LogP contribution in [0.3, 0.4) is 0 Å². The van der Waals surface area contributed by atoms with Gasteiger partial charge in [0.1, 0.15) is 5.82 Å². The van der Waals surface area contributed by atoms with Gasteiger partial charge in [-0.3, -0.25) is 9.69 Å². The van der Waals surface area contributed by atoms with Crippen LogP contribution in [0, 0.1) is 12.7 Å². The SMILES string of the molecule is Cc1[nH]c2c(F)cccc2c1C(=O)NCCN1CCOCC1. The van der Waals surface area contributed by atoms with Gasteiger partial charge in [-0.15, -0.1) is 0 Å². The third-order valence-corrected chi connectivity index (χ3v) is 4.01. The highest BCUT2D eigenvalue weighted by Crippen LogP contribution is 2.24. The van der Waals surface area contributed by atoms with Crippen molar-refractivity contribution in [1.29, 1.82) is 0 Å². The van der Waals surface area contributed by atoms with Crippen LogP contribution in [0.1, 0.15) is 16.1 Å². The van der Waals surface area contributed by atoms with E-state index in [0.29, 0.717) is 28.7 Å². The fraction of sp³-hybridized carbons (Fsp3) is 0.438. The van der Waals surface area contributed by atoms with Crippen LogP contribution in [0.2, 0.25) is 0 Å². The summed E-state index contributed by atoms with van der Waals surface area (Å²) in [5, 5.41) is 3.55. The Hall–Kier alpha value is -1.92. The minimum absolute atomic E-state index is 0.164. The Morgan fingerprint density at radius 2 is 2.18 bits per heavy atom. The van der Waals surface area contributed by atoms with Gasteiger partial charge in [0, 0.05) is 37.3 Å². The Bertz CT molecular complexity index is 677. The molecule has 3 rings (SSSR count). The van der Waals surface area contributed by atoms with Crippen molar-refractivity contribution in [3.63, 3.8) is 0 Å². The number of para-hydroxylation sites is 1. The van der Waals surface area contributed by atoms with Crippen molar-refractivity contribution in [3.8, 4) is 0 Å². The number of nitrogens with one attached hydrogen (secondary N) is 2. The van der Waals surface area contributed by atoms with Crippen LogP contribution in [0.4, 0.5) is 4.39 Å². The summed E-state index contributed by atoms with van der Waals surface area (Å²) in [5.41, 5.74) is 1.60. The van der Waals surface area contributed by atoms with E-state index in [9.17, 15) is 9.18 Å². The van der Waals surface area contributed by atoms with Crippen LogP contribution in [0.15, 0.2) is 18.2 Å². The largest absolute Gasteiger partial charge is 0.379 e. The van der Waals surface area contributed by atoms with Gasteiger partial charge in [0.15, 0.2) is 0 Å². The molecule has 0 radical (unpaired) electrons. The minimum Gasteiger partial charge on any atom is -0.379 e. The van der Waals surface area contributed by atoms with E-state index in [1.165, 1.54) is 6.07 Å². The normalized spacial score (nSPS) is 16.1. The van der Waals surface area contributed by atoms with Gasteiger partial charge in [-0.1, -0.05) is 12.1 Å². The minimum atomic E-state index is -0.340. The molecule has 0 atom stereocenters. The summed E-state index contributed by atoms with van der Waals surface area (Å²) in [5.74, 6) is -0.504. The lowest BCUT2D eigenvalue weighted by atomic mass is 10.1. The molecule has 0 bridgehead atoms. The number of morpholine rings is 1. The number of aromatic nitrogens is 1. The number of amides is 1. The lowest BCUT2D eigenvalue weighted by molar-refractivity contribution is 0.0383. The average Bonchev–Trinajstić information content (AvgIpc) is 2.86. The van der Waals surface area contributed by atoms with Gasteiger partial charge in [-0.2, -0.15) is 0 Å². The first-order valence-corrected chi connectivity index (χ1v) is 7.52. The molecule has 0 spiro atoms. The zero-order valence-electron chi connectivity index (χ0n) is 12.6. The molecule has 0 aliphatic carbocycles. The second-order valence-electron chi connectivity index (χ2n) is 5.50. The topological polar surface area (TPSA) is 57.4 Å². The fourth-order valence-electron chi connectivity index (χ4n) is 2.84. The number of benzene rings is 1. The van der Waals surface area contributed by atoms with E-state index in [0.717, 1.165) is 32.8 Å². The van der Waals surface area contributed by atoms with Crippen LogP contribution in [-0.2, 0) is 4.74 Å². The van der Waals surface area contributed by atoms with E-state index < -0.39 is 0 Å². The predicted octanol–water partition coefficient (Wildman–Crippen LogP) is 1.68. The number of ether oxygens (including phenoxy) is 1. The van der Waals surface area contributed by atoms with Crippen LogP contribution in [0.5, 0.6) is 0 Å². The maximum Gasteiger partial charge on any atom is 0.253 e. The first-order valence-electron chi connectivity index (χ1n) is 7.52. The van der Waals surface area contributed by atoms with Crippen molar-refractivity contribution >= 4 is 16.8 Å². The van der Waals surface area contributed by atoms with Gasteiger partial charge in [-0.25, -0.2) is 4.39 Å². The van der Waals surface area contributed by atoms with Crippen molar-refractivity contribution in [1.82, 2.24) is 15.2 Å². The van der Waals surface area contributed by atoms with Crippen LogP contribution >= 0.6 is 0 Å². The molecule has 6 heteroatoms. The van der Waals surface area contributed by atoms with E-state index in [2.05, 4.69) is 15.2 Å². The number of nitrogens with zero attached hydrogens (tertiary/aromatic N) is 1. The van der Waals surface area contributed by atoms with Crippen molar-refractivity contribution in [2.24, 2.45) is 0 Å². The number of aryl methyl sites for hydroxylation is 1. The smallest absolute Gasteiger partial charge is 0.253 e. The third kappa shape index (κ3) is 2.98. The van der Waals surface area contributed by atoms with Crippen LogP contribution in [-0.4, -0.2) is 55.2 Å². The highest BCUT2D eigenvalue weighted by Gasteiger charge is 2.18. The number of hydrogen-bond acceptors (Lipinski definition) is 3. The molecule has 0 unspecified atom stereocenters. The summed E-state index contributed by atoms with van der Waals surface area (Å²) in [6, 6.07) is 4.77. The molecule has 0 saturated carbocycles. The van der Waals surface area contributed by atoms with Crippen LogP contribution in [0.25, 0.3) is 10.9 Å². The molecule has 1 saturated heterocycles. The Labute approximate surface area is 128 Å². The van der Waals surface area contributed by atoms with Gasteiger partial charge in [0.05, 0.1) is 24.3 Å². The number of halogens is 1. The Balaban J connectivity index is 1.67. The molecular weight excluding hydrogens is 285 g/mol. The number of rotatable bonds is 4. The van der Waals surface area contributed by atoms with Gasteiger partial charge >= 0.3 is 0 Å². The first-order chi connectivity index (χ1) is 10.7. The summed E-state index contributed by atoms with van der Waals surface area (Å²) in [4.78, 5) is 17.6. The molecule has 1 aromatic carbocycles. The summed E-state index contributed by atoms with van der Waals surface area (Å²) in [6.07, 6.45) is 0. The summed E-state index contributed by atoms with van der Waals surface area (Å²) >= 11 is 0. The molecule has 22 heavy (non-hydrogen) atoms. The van der Waals surface area contributed by atoms with Crippen molar-refractivity contribution in [2.45, 2.75) is 6.92 Å². The molecule has 1 aliphatic rings. The van der Waals surface area contributed by atoms with E-state index in [1.807, 2.05) is 0 Å². The molecule has 1 aliphatic heterocycles. The summed E-state index contributed by atoms with van der Waals surface area (Å²) in [7, 11) is 0. The summed E-state index contributed by atoms with van der Waals surface area (Å²) < 4.78 is 19.0. The standard InChI is InChI=1S/C16H20FN3O2/c1-11-14(12-3-2-4-13(17)15(12)19-11)16(21)18-5-6-20-7-9-22-10-8-20/h2-4,19H,5-10H2,1H3,(H,18,21). The van der Waals surface area contributed by atoms with E-state index in [4.69, 9.17) is 4.74 Å². The van der Waals surface area contributed by atoms with Gasteiger partial charge < -0.3 is 15.0 Å². The van der Waals surface area contributed by atoms with Crippen LogP contribution < -0.4 is 5.32 Å². The number of carbonyl (C=O) groups is 1. The maximum absolute atomic E-state index is 13.8. The highest BCUT2D eigenvalue weighted by atomic mass is 19.1. The molecule has 2 heterocycles. The lowest BCUT2D eigenvalue weighted by Crippen LogP contribution is -2.41. The molecular formula is C16H20FN3O2. The Morgan fingerprint density at radius 3 is 2.95 bits per heavy atom. The number of H-pyrrole nitrogens is 1. The Morgan fingerprint density at radius 1 is 1.41 bits per heavy atom. The second kappa shape index (κ2) is 6.46. The first kappa shape index (κ1) is 15.0. The van der Waals surface area contributed by atoms with Gasteiger partial charge in [0.2, 0.25) is 0 Å². The number of fused-ring (bicyclic) bond motifs is 1. The monoisotopic (exact) mass is 305 g/mol. The zero-order chi connectivity index (χ0) is 15.5. The molecule has 2 N–H and O–H groups in total. The average molecular weight is 305 g/mol. The van der Waals surface area contributed by atoms with Gasteiger partial charge in [0.25, 0.3) is 5.91 Å². The molecule has 5 nitrogen and oxygen atoms in total. The molecule has 2 aromatic rings. The van der Waals surface area contributed by atoms with E-state index >= 15 is 0 Å². The Kier molecular flexibility index (Phi) is 4.40. The zero-order valence-corrected chi connectivity index (χ0v) is 12.6. The van der Waals surface area contributed by atoms with Crippen molar-refractivity contribution in [2.75, 3.05) is 39.4 Å². The third-order valence-electron chi connectivity index (χ3n) is 4.01. The molecule has 1 amide bonds. The highest BCUT2D eigenvalue weighted by molar-refractivity contribution is 6.08. The van der Waals surface area contributed by atoms with Crippen molar-refractivity contribution in [3.05, 3.63) is 35.3 Å². The number of hydrogen-bond donors (Lipinski definition) is 2. The predicted molar refractivity (Wildman–Crippen MR) is 82.6 cm³/mol. The van der Waals surface area contributed by atoms with Crippen molar-refractivity contribution < 1.29 is 13.9 Å². The fourth-order valence-corrected chi connectivity index (χ4v) is 2.84. The molecule has 118 valence electrons. The summed E-state index contributed by atoms with van der Waals surface area (Å²) in [6.45, 7) is 6.44. The quantitative estimate of drug-likeness (QED) is 0.903. The number of aromatic amines is 1. The molecule has 1 aromatic heterocycles. The molecule has 1 fully saturated rings. The maximum atomic E-state index is 13.8. The number of carbonyl (C=O) groups excluding carboxylic acids is 1. The van der Waals surface area contributed by atoms with E-state index in [1.54, 1.807) is 19.1 Å². The lowest BCUT2D eigenvalue weighted by Gasteiger charge is -2.26.